The van der Waals surface area contributed by atoms with Crippen LogP contribution in [0.25, 0.3) is 0 Å². The lowest BCUT2D eigenvalue weighted by atomic mass is 10.3. The number of aliphatic hydroxyl groups excluding tert-OH is 1. The van der Waals surface area contributed by atoms with E-state index in [1.54, 1.807) is 0 Å². The molecule has 0 bridgehead atoms. The SMILES string of the molecule is CCCC(=O)Cl.CCCC(=O)OCC(OCC)OCC.CCOC(CO)OCC. The minimum Gasteiger partial charge on any atom is -0.460 e. The Morgan fingerprint density at radius 3 is 1.45 bits per heavy atom. The van der Waals surface area contributed by atoms with Crippen LogP contribution in [0.2, 0.25) is 0 Å². The molecule has 0 aromatic heterocycles. The van der Waals surface area contributed by atoms with Crippen molar-refractivity contribution in [3.8, 4) is 0 Å². The molecule has 0 amide bonds. The van der Waals surface area contributed by atoms with E-state index in [0.29, 0.717) is 39.3 Å². The highest BCUT2D eigenvalue weighted by Gasteiger charge is 2.10. The molecule has 0 aliphatic heterocycles. The lowest BCUT2D eigenvalue weighted by molar-refractivity contribution is -0.179. The van der Waals surface area contributed by atoms with Gasteiger partial charge in [0, 0.05) is 39.3 Å². The molecule has 0 aliphatic carbocycles. The summed E-state index contributed by atoms with van der Waals surface area (Å²) < 4.78 is 25.3. The molecule has 0 spiro atoms. The second kappa shape index (κ2) is 27.2. The number of rotatable bonds is 15. The number of ether oxygens (including phenoxy) is 5. The van der Waals surface area contributed by atoms with Gasteiger partial charge in [0.1, 0.15) is 6.61 Å². The molecule has 0 rings (SSSR count). The predicted octanol–water partition coefficient (Wildman–Crippen LogP) is 3.66. The van der Waals surface area contributed by atoms with Crippen LogP contribution in [0.5, 0.6) is 0 Å². The summed E-state index contributed by atoms with van der Waals surface area (Å²) in [6.07, 6.45) is 1.74. The number of carbonyl (C=O) groups excluding carboxylic acids is 2. The lowest BCUT2D eigenvalue weighted by Gasteiger charge is -2.16. The van der Waals surface area contributed by atoms with Crippen LogP contribution >= 0.6 is 11.6 Å². The molecule has 0 saturated heterocycles. The summed E-state index contributed by atoms with van der Waals surface area (Å²) >= 11 is 4.94. The van der Waals surface area contributed by atoms with Gasteiger partial charge >= 0.3 is 5.97 Å². The molecule has 0 aliphatic rings. The Balaban J connectivity index is -0.000000386. The first-order valence-corrected chi connectivity index (χ1v) is 10.6. The van der Waals surface area contributed by atoms with Crippen LogP contribution in [-0.4, -0.2) is 68.5 Å². The van der Waals surface area contributed by atoms with Gasteiger partial charge in [0.05, 0.1) is 6.61 Å². The largest absolute Gasteiger partial charge is 0.460 e. The van der Waals surface area contributed by atoms with Gasteiger partial charge in [0.2, 0.25) is 5.24 Å². The third-order valence-corrected chi connectivity index (χ3v) is 3.03. The highest BCUT2D eigenvalue weighted by Crippen LogP contribution is 1.99. The molecular formula is C20H41ClO8. The zero-order valence-electron chi connectivity index (χ0n) is 18.9. The van der Waals surface area contributed by atoms with Crippen molar-refractivity contribution < 1.29 is 38.4 Å². The quantitative estimate of drug-likeness (QED) is 0.232. The van der Waals surface area contributed by atoms with Crippen LogP contribution < -0.4 is 0 Å². The molecule has 1 N–H and O–H groups in total. The molecule has 8 nitrogen and oxygen atoms in total. The summed E-state index contributed by atoms with van der Waals surface area (Å²) in [6, 6.07) is 0. The molecule has 0 aromatic carbocycles. The topological polar surface area (TPSA) is 101 Å². The molecule has 29 heavy (non-hydrogen) atoms. The van der Waals surface area contributed by atoms with E-state index < -0.39 is 12.6 Å². The fourth-order valence-corrected chi connectivity index (χ4v) is 1.86. The van der Waals surface area contributed by atoms with E-state index in [9.17, 15) is 9.59 Å². The number of esters is 1. The number of hydrogen-bond donors (Lipinski definition) is 1. The standard InChI is InChI=1S/C10H20O4.C6H14O3.C4H7ClO/c1-4-7-9(11)14-8-10(12-5-2)13-6-3;1-3-8-6(5-7)9-4-2;1-2-3-4(5)6/h10H,4-8H2,1-3H3;6-7H,3-5H2,1-2H3;2-3H2,1H3. The first-order chi connectivity index (χ1) is 13.9. The van der Waals surface area contributed by atoms with Gasteiger partial charge in [-0.3, -0.25) is 9.59 Å². The lowest BCUT2D eigenvalue weighted by Crippen LogP contribution is -2.25. The maximum absolute atomic E-state index is 11.0. The summed E-state index contributed by atoms with van der Waals surface area (Å²) in [6.45, 7) is 13.7. The van der Waals surface area contributed by atoms with Gasteiger partial charge in [-0.05, 0) is 52.1 Å². The molecule has 9 heteroatoms. The van der Waals surface area contributed by atoms with Gasteiger partial charge in [0.25, 0.3) is 0 Å². The van der Waals surface area contributed by atoms with Crippen molar-refractivity contribution in [2.45, 2.75) is 79.8 Å². The molecule has 0 unspecified atom stereocenters. The molecule has 0 saturated carbocycles. The summed E-state index contributed by atoms with van der Waals surface area (Å²) in [5.41, 5.74) is 0. The molecule has 176 valence electrons. The van der Waals surface area contributed by atoms with Gasteiger partial charge in [-0.15, -0.1) is 0 Å². The maximum Gasteiger partial charge on any atom is 0.305 e. The summed E-state index contributed by atoms with van der Waals surface area (Å²) in [7, 11) is 0. The molecule has 0 aromatic rings. The van der Waals surface area contributed by atoms with Crippen molar-refractivity contribution >= 4 is 22.8 Å². The van der Waals surface area contributed by atoms with Crippen molar-refractivity contribution in [1.82, 2.24) is 0 Å². The Morgan fingerprint density at radius 2 is 1.17 bits per heavy atom. The van der Waals surface area contributed by atoms with E-state index in [0.717, 1.165) is 12.8 Å². The Bertz CT molecular complexity index is 343. The van der Waals surface area contributed by atoms with Crippen molar-refractivity contribution in [1.29, 1.82) is 0 Å². The fourth-order valence-electron chi connectivity index (χ4n) is 1.68. The van der Waals surface area contributed by atoms with Crippen LogP contribution in [0.4, 0.5) is 0 Å². The second-order valence-corrected chi connectivity index (χ2v) is 5.82. The third kappa shape index (κ3) is 29.5. The zero-order valence-corrected chi connectivity index (χ0v) is 19.7. The van der Waals surface area contributed by atoms with Crippen LogP contribution in [-0.2, 0) is 33.3 Å². The number of hydrogen-bond acceptors (Lipinski definition) is 8. The average molecular weight is 445 g/mol. The Labute approximate surface area is 181 Å². The van der Waals surface area contributed by atoms with Gasteiger partial charge in [-0.2, -0.15) is 0 Å². The van der Waals surface area contributed by atoms with E-state index in [4.69, 9.17) is 40.4 Å². The van der Waals surface area contributed by atoms with E-state index >= 15 is 0 Å². The summed E-state index contributed by atoms with van der Waals surface area (Å²) in [4.78, 5) is 20.8. The molecule has 0 radical (unpaired) electrons. The minimum absolute atomic E-state index is 0.0678. The number of aliphatic hydroxyl groups is 1. The average Bonchev–Trinajstić information content (AvgIpc) is 2.67. The number of halogens is 1. The Hall–Kier alpha value is -0.770. The van der Waals surface area contributed by atoms with E-state index in [1.165, 1.54) is 0 Å². The van der Waals surface area contributed by atoms with Crippen molar-refractivity contribution in [2.24, 2.45) is 0 Å². The predicted molar refractivity (Wildman–Crippen MR) is 113 cm³/mol. The molecule has 0 atom stereocenters. The molecule has 0 fully saturated rings. The zero-order chi connectivity index (χ0) is 22.9. The normalized spacial score (nSPS) is 10.1. The van der Waals surface area contributed by atoms with Crippen LogP contribution in [0.3, 0.4) is 0 Å². The smallest absolute Gasteiger partial charge is 0.305 e. The minimum atomic E-state index is -0.431. The first-order valence-electron chi connectivity index (χ1n) is 10.3. The van der Waals surface area contributed by atoms with Gasteiger partial charge in [-0.1, -0.05) is 13.8 Å². The van der Waals surface area contributed by atoms with Crippen LogP contribution in [0.1, 0.15) is 67.2 Å². The van der Waals surface area contributed by atoms with Crippen molar-refractivity contribution in [2.75, 3.05) is 39.6 Å². The second-order valence-electron chi connectivity index (χ2n) is 5.40. The Morgan fingerprint density at radius 1 is 0.759 bits per heavy atom. The van der Waals surface area contributed by atoms with Gasteiger partial charge < -0.3 is 28.8 Å². The molecular weight excluding hydrogens is 404 g/mol. The van der Waals surface area contributed by atoms with Gasteiger partial charge in [0.15, 0.2) is 12.6 Å². The first kappa shape index (κ1) is 32.9. The van der Waals surface area contributed by atoms with Gasteiger partial charge in [-0.25, -0.2) is 0 Å². The Kier molecular flexibility index (Phi) is 30.9. The van der Waals surface area contributed by atoms with E-state index in [1.807, 2.05) is 41.5 Å². The fraction of sp³-hybridized carbons (Fsp3) is 0.900. The van der Waals surface area contributed by atoms with Crippen molar-refractivity contribution in [3.63, 3.8) is 0 Å². The number of carbonyl (C=O) groups is 2. The molecule has 0 heterocycles. The highest BCUT2D eigenvalue weighted by molar-refractivity contribution is 6.63. The van der Waals surface area contributed by atoms with Crippen LogP contribution in [0, 0.1) is 0 Å². The third-order valence-electron chi connectivity index (χ3n) is 2.84. The van der Waals surface area contributed by atoms with E-state index in [-0.39, 0.29) is 24.4 Å². The van der Waals surface area contributed by atoms with Crippen LogP contribution in [0.15, 0.2) is 0 Å². The highest BCUT2D eigenvalue weighted by atomic mass is 35.5. The van der Waals surface area contributed by atoms with E-state index in [2.05, 4.69) is 0 Å². The summed E-state index contributed by atoms with van der Waals surface area (Å²) in [5.74, 6) is -0.197. The monoisotopic (exact) mass is 444 g/mol. The van der Waals surface area contributed by atoms with Crippen molar-refractivity contribution in [3.05, 3.63) is 0 Å². The maximum atomic E-state index is 11.0. The summed E-state index contributed by atoms with van der Waals surface area (Å²) in [5, 5.41) is 8.30.